The lowest BCUT2D eigenvalue weighted by molar-refractivity contribution is -0.118. The zero-order valence-electron chi connectivity index (χ0n) is 16.5. The second kappa shape index (κ2) is 7.34. The number of amides is 1. The third kappa shape index (κ3) is 3.79. The van der Waals surface area contributed by atoms with Gasteiger partial charge < -0.3 is 15.6 Å². The Kier molecular flexibility index (Phi) is 4.71. The second-order valence-corrected chi connectivity index (χ2v) is 7.14. The predicted molar refractivity (Wildman–Crippen MR) is 111 cm³/mol. The number of carbonyl (C=O) groups excluding carboxylic acids is 1. The van der Waals surface area contributed by atoms with Crippen molar-refractivity contribution in [2.75, 3.05) is 5.32 Å². The summed E-state index contributed by atoms with van der Waals surface area (Å²) < 4.78 is 3.73. The summed E-state index contributed by atoms with van der Waals surface area (Å²) >= 11 is 0. The Balaban J connectivity index is 1.75. The third-order valence-corrected chi connectivity index (χ3v) is 4.57. The predicted octanol–water partition coefficient (Wildman–Crippen LogP) is 2.81. The van der Waals surface area contributed by atoms with E-state index < -0.39 is 5.91 Å². The molecule has 0 bridgehead atoms. The average Bonchev–Trinajstić information content (AvgIpc) is 3.25. The van der Waals surface area contributed by atoms with Gasteiger partial charge in [0.2, 0.25) is 5.91 Å². The fraction of sp³-hybridized carbons (Fsp3) is 0.250. The number of aromatic nitrogens is 6. The minimum atomic E-state index is -0.429. The number of carbonyl (C=O) groups is 1. The van der Waals surface area contributed by atoms with Gasteiger partial charge in [-0.3, -0.25) is 9.48 Å². The molecule has 4 aromatic heterocycles. The molecule has 0 radical (unpaired) electrons. The third-order valence-electron chi connectivity index (χ3n) is 4.57. The highest BCUT2D eigenvalue weighted by molar-refractivity contribution is 5.96. The van der Waals surface area contributed by atoms with Crippen LogP contribution >= 0.6 is 0 Å². The van der Waals surface area contributed by atoms with Crippen LogP contribution in [0, 0.1) is 6.92 Å². The van der Waals surface area contributed by atoms with E-state index in [2.05, 4.69) is 50.0 Å². The van der Waals surface area contributed by atoms with E-state index in [1.807, 2.05) is 25.4 Å². The SMILES string of the molecule is Cc1nccc(Nc2cc3c(cn2)c(-c2cnn(CC(N)=O)c2)cn3C(C)C)n1. The van der Waals surface area contributed by atoms with Crippen molar-refractivity contribution in [3.05, 3.63) is 48.9 Å². The standard InChI is InChI=1S/C20H22N8O/c1-12(2)28-10-16(14-7-24-27(9-14)11-18(21)29)15-8-23-20(6-17(15)28)26-19-4-5-22-13(3)25-19/h4-10,12H,11H2,1-3H3,(H2,21,29)(H,22,23,25,26). The topological polar surface area (TPSA) is 117 Å². The van der Waals surface area contributed by atoms with E-state index in [1.165, 1.54) is 4.68 Å². The molecular formula is C20H22N8O. The zero-order chi connectivity index (χ0) is 20.5. The van der Waals surface area contributed by atoms with Gasteiger partial charge in [0.05, 0.1) is 11.7 Å². The van der Waals surface area contributed by atoms with Crippen molar-refractivity contribution in [1.82, 2.24) is 29.3 Å². The molecule has 0 aromatic carbocycles. The van der Waals surface area contributed by atoms with Gasteiger partial charge in [0.1, 0.15) is 24.0 Å². The molecular weight excluding hydrogens is 368 g/mol. The quantitative estimate of drug-likeness (QED) is 0.523. The monoisotopic (exact) mass is 390 g/mol. The maximum atomic E-state index is 11.2. The molecule has 0 spiro atoms. The summed E-state index contributed by atoms with van der Waals surface area (Å²) in [6.45, 7) is 6.14. The van der Waals surface area contributed by atoms with E-state index >= 15 is 0 Å². The van der Waals surface area contributed by atoms with Crippen molar-refractivity contribution in [3.8, 4) is 11.1 Å². The van der Waals surface area contributed by atoms with E-state index in [1.54, 1.807) is 18.5 Å². The summed E-state index contributed by atoms with van der Waals surface area (Å²) in [5.41, 5.74) is 8.22. The lowest BCUT2D eigenvalue weighted by Gasteiger charge is -2.10. The van der Waals surface area contributed by atoms with Gasteiger partial charge in [-0.15, -0.1) is 0 Å². The highest BCUT2D eigenvalue weighted by Gasteiger charge is 2.15. The van der Waals surface area contributed by atoms with Gasteiger partial charge in [0, 0.05) is 53.4 Å². The van der Waals surface area contributed by atoms with Crippen LogP contribution < -0.4 is 11.1 Å². The Morgan fingerprint density at radius 1 is 1.21 bits per heavy atom. The molecule has 0 unspecified atom stereocenters. The molecule has 0 fully saturated rings. The van der Waals surface area contributed by atoms with Crippen molar-refractivity contribution in [3.63, 3.8) is 0 Å². The molecule has 0 aliphatic heterocycles. The van der Waals surface area contributed by atoms with Crippen LogP contribution in [0.1, 0.15) is 25.7 Å². The van der Waals surface area contributed by atoms with Crippen molar-refractivity contribution < 1.29 is 4.79 Å². The number of nitrogens with zero attached hydrogens (tertiary/aromatic N) is 6. The molecule has 4 aromatic rings. The van der Waals surface area contributed by atoms with E-state index in [-0.39, 0.29) is 12.6 Å². The van der Waals surface area contributed by atoms with E-state index in [0.29, 0.717) is 17.5 Å². The summed E-state index contributed by atoms with van der Waals surface area (Å²) in [6, 6.07) is 4.06. The highest BCUT2D eigenvalue weighted by Crippen LogP contribution is 2.33. The fourth-order valence-electron chi connectivity index (χ4n) is 3.28. The Hall–Kier alpha value is -3.75. The molecule has 0 atom stereocenters. The summed E-state index contributed by atoms with van der Waals surface area (Å²) in [6.07, 6.45) is 9.19. The van der Waals surface area contributed by atoms with Gasteiger partial charge in [0.15, 0.2) is 0 Å². The number of aryl methyl sites for hydroxylation is 1. The van der Waals surface area contributed by atoms with E-state index in [0.717, 1.165) is 22.0 Å². The van der Waals surface area contributed by atoms with Crippen LogP contribution in [0.25, 0.3) is 22.0 Å². The first kappa shape index (κ1) is 18.6. The minimum absolute atomic E-state index is 0.0491. The molecule has 4 heterocycles. The van der Waals surface area contributed by atoms with Gasteiger partial charge in [-0.25, -0.2) is 15.0 Å². The van der Waals surface area contributed by atoms with Crippen molar-refractivity contribution in [2.45, 2.75) is 33.4 Å². The Morgan fingerprint density at radius 2 is 2.03 bits per heavy atom. The first-order chi connectivity index (χ1) is 13.9. The molecule has 148 valence electrons. The van der Waals surface area contributed by atoms with Crippen LogP contribution in [-0.2, 0) is 11.3 Å². The van der Waals surface area contributed by atoms with Crippen molar-refractivity contribution in [1.29, 1.82) is 0 Å². The first-order valence-corrected chi connectivity index (χ1v) is 9.29. The zero-order valence-corrected chi connectivity index (χ0v) is 16.5. The van der Waals surface area contributed by atoms with Crippen LogP contribution in [0.5, 0.6) is 0 Å². The lowest BCUT2D eigenvalue weighted by atomic mass is 10.1. The molecule has 9 heteroatoms. The molecule has 0 saturated heterocycles. The van der Waals surface area contributed by atoms with Crippen molar-refractivity contribution >= 4 is 28.4 Å². The number of fused-ring (bicyclic) bond motifs is 1. The van der Waals surface area contributed by atoms with E-state index in [9.17, 15) is 4.79 Å². The molecule has 0 aliphatic carbocycles. The van der Waals surface area contributed by atoms with Gasteiger partial charge >= 0.3 is 0 Å². The van der Waals surface area contributed by atoms with Crippen LogP contribution in [0.4, 0.5) is 11.6 Å². The molecule has 9 nitrogen and oxygen atoms in total. The highest BCUT2D eigenvalue weighted by atomic mass is 16.1. The smallest absolute Gasteiger partial charge is 0.239 e. The lowest BCUT2D eigenvalue weighted by Crippen LogP contribution is -2.18. The summed E-state index contributed by atoms with van der Waals surface area (Å²) in [4.78, 5) is 24.2. The molecule has 0 saturated carbocycles. The largest absolute Gasteiger partial charge is 0.368 e. The van der Waals surface area contributed by atoms with Crippen LogP contribution in [0.3, 0.4) is 0 Å². The number of anilines is 2. The fourth-order valence-corrected chi connectivity index (χ4v) is 3.28. The van der Waals surface area contributed by atoms with Gasteiger partial charge in [-0.2, -0.15) is 5.10 Å². The van der Waals surface area contributed by atoms with E-state index in [4.69, 9.17) is 5.73 Å². The Morgan fingerprint density at radius 3 is 2.76 bits per heavy atom. The molecule has 0 aliphatic rings. The minimum Gasteiger partial charge on any atom is -0.368 e. The Bertz CT molecular complexity index is 1190. The molecule has 29 heavy (non-hydrogen) atoms. The second-order valence-electron chi connectivity index (χ2n) is 7.14. The average molecular weight is 390 g/mol. The number of primary amides is 1. The van der Waals surface area contributed by atoms with Gasteiger partial charge in [-0.05, 0) is 26.8 Å². The summed E-state index contributed by atoms with van der Waals surface area (Å²) in [5, 5.41) is 8.47. The molecule has 3 N–H and O–H groups in total. The van der Waals surface area contributed by atoms with Gasteiger partial charge in [-0.1, -0.05) is 0 Å². The molecule has 1 amide bonds. The summed E-state index contributed by atoms with van der Waals surface area (Å²) in [5.74, 6) is 1.66. The van der Waals surface area contributed by atoms with Crippen molar-refractivity contribution in [2.24, 2.45) is 5.73 Å². The number of rotatable bonds is 6. The maximum Gasteiger partial charge on any atom is 0.239 e. The van der Waals surface area contributed by atoms with Crippen LogP contribution in [0.15, 0.2) is 43.1 Å². The Labute approximate surface area is 167 Å². The molecule has 4 rings (SSSR count). The van der Waals surface area contributed by atoms with Crippen LogP contribution in [-0.4, -0.2) is 35.2 Å². The van der Waals surface area contributed by atoms with Gasteiger partial charge in [0.25, 0.3) is 0 Å². The number of nitrogens with one attached hydrogen (secondary N) is 1. The number of nitrogens with two attached hydrogens (primary N) is 1. The van der Waals surface area contributed by atoms with Crippen LogP contribution in [0.2, 0.25) is 0 Å². The number of hydrogen-bond acceptors (Lipinski definition) is 6. The number of pyridine rings is 1. The first-order valence-electron chi connectivity index (χ1n) is 9.29. The summed E-state index contributed by atoms with van der Waals surface area (Å²) in [7, 11) is 0. The normalized spacial score (nSPS) is 11.3. The maximum absolute atomic E-state index is 11.2. The number of hydrogen-bond donors (Lipinski definition) is 2.